The predicted octanol–water partition coefficient (Wildman–Crippen LogP) is 4.04. The Bertz CT molecular complexity index is 928. The first-order valence-electron chi connectivity index (χ1n) is 10.4. The summed E-state index contributed by atoms with van der Waals surface area (Å²) in [6.45, 7) is 12.2. The zero-order valence-electron chi connectivity index (χ0n) is 18.7. The van der Waals surface area contributed by atoms with Gasteiger partial charge in [-0.05, 0) is 41.2 Å². The van der Waals surface area contributed by atoms with Crippen molar-refractivity contribution in [2.75, 3.05) is 0 Å². The Kier molecular flexibility index (Phi) is 5.42. The number of benzene rings is 1. The van der Waals surface area contributed by atoms with Crippen LogP contribution in [0, 0.1) is 17.3 Å². The van der Waals surface area contributed by atoms with Gasteiger partial charge in [-0.3, -0.25) is 14.4 Å². The van der Waals surface area contributed by atoms with Gasteiger partial charge < -0.3 is 14.3 Å². The maximum Gasteiger partial charge on any atom is 0.308 e. The molecule has 1 fully saturated rings. The smallest absolute Gasteiger partial charge is 0.308 e. The van der Waals surface area contributed by atoms with Crippen LogP contribution in [0.4, 0.5) is 0 Å². The summed E-state index contributed by atoms with van der Waals surface area (Å²) in [5.41, 5.74) is 0.746. The lowest BCUT2D eigenvalue weighted by Gasteiger charge is -2.55. The average molecular weight is 414 g/mol. The van der Waals surface area contributed by atoms with Crippen molar-refractivity contribution in [3.8, 4) is 5.75 Å². The molecule has 1 saturated carbocycles. The van der Waals surface area contributed by atoms with E-state index in [2.05, 4.69) is 0 Å². The number of aldehydes is 1. The van der Waals surface area contributed by atoms with Crippen molar-refractivity contribution in [3.05, 3.63) is 28.8 Å². The van der Waals surface area contributed by atoms with E-state index in [9.17, 15) is 19.2 Å². The van der Waals surface area contributed by atoms with Crippen molar-refractivity contribution in [1.82, 2.24) is 0 Å². The normalized spacial score (nSPS) is 29.2. The minimum atomic E-state index is -0.909. The molecule has 0 radical (unpaired) electrons. The van der Waals surface area contributed by atoms with Gasteiger partial charge in [0.15, 0.2) is 0 Å². The fraction of sp³-hybridized carbons (Fsp3) is 0.583. The Morgan fingerprint density at radius 2 is 1.77 bits per heavy atom. The van der Waals surface area contributed by atoms with Crippen molar-refractivity contribution >= 4 is 24.0 Å². The highest BCUT2D eigenvalue weighted by molar-refractivity contribution is 5.93. The van der Waals surface area contributed by atoms with Crippen LogP contribution in [0.1, 0.15) is 83.6 Å². The van der Waals surface area contributed by atoms with Gasteiger partial charge in [0.1, 0.15) is 23.9 Å². The Morgan fingerprint density at radius 3 is 2.27 bits per heavy atom. The lowest BCUT2D eigenvalue weighted by molar-refractivity contribution is -0.164. The number of rotatable bonds is 4. The maximum atomic E-state index is 13.4. The molecule has 2 bridgehead atoms. The number of esters is 2. The number of Topliss-reactive ketones (excluding diaryl/α,β-unsaturated/α-hetero) is 1. The Labute approximate surface area is 177 Å². The minimum absolute atomic E-state index is 0.0335. The van der Waals surface area contributed by atoms with E-state index in [-0.39, 0.29) is 11.7 Å². The number of hydrogen-bond donors (Lipinski definition) is 0. The lowest BCUT2D eigenvalue weighted by atomic mass is 9.47. The van der Waals surface area contributed by atoms with Gasteiger partial charge in [0.2, 0.25) is 0 Å². The Hall–Kier alpha value is -2.50. The molecule has 0 heterocycles. The molecule has 0 amide bonds. The van der Waals surface area contributed by atoms with Crippen molar-refractivity contribution in [3.63, 3.8) is 0 Å². The second-order valence-electron chi connectivity index (χ2n) is 9.68. The number of ketones is 1. The maximum absolute atomic E-state index is 13.4. The van der Waals surface area contributed by atoms with Crippen molar-refractivity contribution in [1.29, 1.82) is 0 Å². The van der Waals surface area contributed by atoms with Gasteiger partial charge in [-0.25, -0.2) is 0 Å². The van der Waals surface area contributed by atoms with Gasteiger partial charge in [-0.15, -0.1) is 0 Å². The second kappa shape index (κ2) is 7.33. The van der Waals surface area contributed by atoms with Gasteiger partial charge in [0.25, 0.3) is 0 Å². The molecule has 1 aromatic rings. The molecule has 0 N–H and O–H groups in total. The standard InChI is InChI=1S/C24H30O6/c1-12(2)15-8-16-18(9-19(15)29-13(3)26)24(7)10-17(21(16)30-14(4)27)22(28)23(5,6)20(24)11-25/h8-9,11-12,17,20-21H,10H2,1-7H3/t17-,20-,21-,24+/m0/s1. The molecule has 162 valence electrons. The molecule has 0 unspecified atom stereocenters. The summed E-state index contributed by atoms with van der Waals surface area (Å²) >= 11 is 0. The predicted molar refractivity (Wildman–Crippen MR) is 110 cm³/mol. The zero-order valence-corrected chi connectivity index (χ0v) is 18.7. The second-order valence-corrected chi connectivity index (χ2v) is 9.68. The van der Waals surface area contributed by atoms with Crippen molar-refractivity contribution < 1.29 is 28.7 Å². The van der Waals surface area contributed by atoms with Crippen LogP contribution in [0.25, 0.3) is 0 Å². The van der Waals surface area contributed by atoms with E-state index in [0.29, 0.717) is 12.2 Å². The highest BCUT2D eigenvalue weighted by Gasteiger charge is 2.61. The quantitative estimate of drug-likeness (QED) is 0.420. The van der Waals surface area contributed by atoms with E-state index < -0.39 is 40.7 Å². The van der Waals surface area contributed by atoms with Crippen LogP contribution in [0.2, 0.25) is 0 Å². The first-order valence-corrected chi connectivity index (χ1v) is 10.4. The highest BCUT2D eigenvalue weighted by Crippen LogP contribution is 2.60. The zero-order chi connectivity index (χ0) is 22.6. The largest absolute Gasteiger partial charge is 0.457 e. The van der Waals surface area contributed by atoms with Crippen molar-refractivity contribution in [2.24, 2.45) is 17.3 Å². The summed E-state index contributed by atoms with van der Waals surface area (Å²) in [5.74, 6) is -1.57. The number of hydrogen-bond acceptors (Lipinski definition) is 6. The molecule has 0 aliphatic heterocycles. The third-order valence-electron chi connectivity index (χ3n) is 6.85. The lowest BCUT2D eigenvalue weighted by Crippen LogP contribution is -2.58. The Balaban J connectivity index is 2.35. The van der Waals surface area contributed by atoms with Crippen LogP contribution in [0.3, 0.4) is 0 Å². The molecule has 0 aromatic heterocycles. The summed E-state index contributed by atoms with van der Waals surface area (Å²) in [6, 6.07) is 3.69. The van der Waals surface area contributed by atoms with Crippen LogP contribution in [0.5, 0.6) is 5.75 Å². The van der Waals surface area contributed by atoms with E-state index in [1.165, 1.54) is 13.8 Å². The SMILES string of the molecule is CC(=O)Oc1cc2c(cc1C(C)C)[C@H](OC(C)=O)[C@@H]1C[C@@]2(C)[C@@H](C=O)C(C)(C)C1=O. The van der Waals surface area contributed by atoms with E-state index in [1.807, 2.05) is 26.8 Å². The molecule has 30 heavy (non-hydrogen) atoms. The average Bonchev–Trinajstić information content (AvgIpc) is 2.61. The minimum Gasteiger partial charge on any atom is -0.457 e. The monoisotopic (exact) mass is 414 g/mol. The third-order valence-corrected chi connectivity index (χ3v) is 6.85. The number of carbonyl (C=O) groups is 4. The molecular weight excluding hydrogens is 384 g/mol. The summed E-state index contributed by atoms with van der Waals surface area (Å²) < 4.78 is 11.2. The molecule has 2 aliphatic rings. The molecule has 4 atom stereocenters. The highest BCUT2D eigenvalue weighted by atomic mass is 16.5. The van der Waals surface area contributed by atoms with E-state index in [4.69, 9.17) is 9.47 Å². The number of ether oxygens (including phenoxy) is 2. The third kappa shape index (κ3) is 3.26. The summed E-state index contributed by atoms with van der Waals surface area (Å²) in [7, 11) is 0. The molecule has 0 saturated heterocycles. The van der Waals surface area contributed by atoms with Crippen LogP contribution in [-0.2, 0) is 29.3 Å². The van der Waals surface area contributed by atoms with Gasteiger partial charge in [-0.1, -0.05) is 34.6 Å². The fourth-order valence-electron chi connectivity index (χ4n) is 5.53. The van der Waals surface area contributed by atoms with Crippen LogP contribution in [-0.4, -0.2) is 24.0 Å². The molecular formula is C24H30O6. The van der Waals surface area contributed by atoms with E-state index in [1.54, 1.807) is 19.9 Å². The van der Waals surface area contributed by atoms with E-state index >= 15 is 0 Å². The van der Waals surface area contributed by atoms with E-state index in [0.717, 1.165) is 23.0 Å². The van der Waals surface area contributed by atoms with Crippen LogP contribution < -0.4 is 4.74 Å². The number of carbonyl (C=O) groups excluding carboxylic acids is 4. The topological polar surface area (TPSA) is 86.7 Å². The molecule has 6 heteroatoms. The molecule has 6 nitrogen and oxygen atoms in total. The van der Waals surface area contributed by atoms with Gasteiger partial charge in [0.05, 0.1) is 5.92 Å². The van der Waals surface area contributed by atoms with Crippen LogP contribution in [0.15, 0.2) is 12.1 Å². The van der Waals surface area contributed by atoms with Gasteiger partial charge in [0, 0.05) is 30.6 Å². The molecule has 0 spiro atoms. The number of fused-ring (bicyclic) bond motifs is 4. The van der Waals surface area contributed by atoms with Crippen LogP contribution >= 0.6 is 0 Å². The fourth-order valence-corrected chi connectivity index (χ4v) is 5.53. The molecule has 2 aliphatic carbocycles. The van der Waals surface area contributed by atoms with Gasteiger partial charge >= 0.3 is 11.9 Å². The summed E-state index contributed by atoms with van der Waals surface area (Å²) in [5, 5.41) is 0. The summed E-state index contributed by atoms with van der Waals surface area (Å²) in [4.78, 5) is 49.3. The molecule has 1 aromatic carbocycles. The summed E-state index contributed by atoms with van der Waals surface area (Å²) in [6.07, 6.45) is 0.532. The Morgan fingerprint density at radius 1 is 1.13 bits per heavy atom. The van der Waals surface area contributed by atoms with Crippen molar-refractivity contribution in [2.45, 2.75) is 72.3 Å². The first-order chi connectivity index (χ1) is 13.8. The van der Waals surface area contributed by atoms with Gasteiger partial charge in [-0.2, -0.15) is 0 Å². The first kappa shape index (κ1) is 22.2. The molecule has 3 rings (SSSR count).